The first-order valence-electron chi connectivity index (χ1n) is 9.86. The topological polar surface area (TPSA) is 81.4 Å². The SMILES string of the molecule is COc1ccc(CNC(=O)c2ccccc2CSc2nc3nc(C)cc(C)n3n2)cc1. The lowest BCUT2D eigenvalue weighted by Crippen LogP contribution is -2.23. The average molecular weight is 434 g/mol. The number of amides is 1. The summed E-state index contributed by atoms with van der Waals surface area (Å²) in [6.07, 6.45) is 0. The van der Waals surface area contributed by atoms with Gasteiger partial charge in [0.1, 0.15) is 5.75 Å². The number of fused-ring (bicyclic) bond motifs is 1. The van der Waals surface area contributed by atoms with E-state index in [1.165, 1.54) is 11.8 Å². The third kappa shape index (κ3) is 4.86. The summed E-state index contributed by atoms with van der Waals surface area (Å²) in [6, 6.07) is 17.2. The first-order valence-corrected chi connectivity index (χ1v) is 10.8. The van der Waals surface area contributed by atoms with E-state index in [0.717, 1.165) is 28.3 Å². The standard InChI is InChI=1S/C23H23N5O2S/c1-15-12-16(2)28-22(25-15)26-23(27-28)31-14-18-6-4-5-7-20(18)21(29)24-13-17-8-10-19(30-3)11-9-17/h4-12H,13-14H2,1-3H3,(H,24,29). The number of nitrogens with one attached hydrogen (secondary N) is 1. The van der Waals surface area contributed by atoms with Gasteiger partial charge in [-0.2, -0.15) is 4.98 Å². The number of aryl methyl sites for hydroxylation is 2. The van der Waals surface area contributed by atoms with E-state index in [2.05, 4.69) is 20.4 Å². The van der Waals surface area contributed by atoms with E-state index in [4.69, 9.17) is 4.74 Å². The van der Waals surface area contributed by atoms with E-state index in [0.29, 0.717) is 28.8 Å². The van der Waals surface area contributed by atoms with Crippen LogP contribution in [0.4, 0.5) is 0 Å². The molecule has 0 bridgehead atoms. The molecule has 0 spiro atoms. The summed E-state index contributed by atoms with van der Waals surface area (Å²) in [5.74, 6) is 1.85. The lowest BCUT2D eigenvalue weighted by molar-refractivity contribution is 0.0950. The second kappa shape index (κ2) is 9.18. The Hall–Kier alpha value is -3.39. The Balaban J connectivity index is 1.44. The molecule has 1 amide bonds. The Labute approximate surface area is 184 Å². The first kappa shape index (κ1) is 20.9. The zero-order valence-electron chi connectivity index (χ0n) is 17.6. The van der Waals surface area contributed by atoms with Crippen LogP contribution in [-0.4, -0.2) is 32.6 Å². The molecule has 0 aliphatic heterocycles. The molecule has 4 aromatic rings. The molecular formula is C23H23N5O2S. The van der Waals surface area contributed by atoms with Crippen molar-refractivity contribution in [1.29, 1.82) is 0 Å². The van der Waals surface area contributed by atoms with Crippen molar-refractivity contribution in [2.24, 2.45) is 0 Å². The molecule has 2 aromatic heterocycles. The van der Waals surface area contributed by atoms with Crippen LogP contribution >= 0.6 is 11.8 Å². The highest BCUT2D eigenvalue weighted by Crippen LogP contribution is 2.23. The van der Waals surface area contributed by atoms with Gasteiger partial charge < -0.3 is 10.1 Å². The maximum Gasteiger partial charge on any atom is 0.253 e. The highest BCUT2D eigenvalue weighted by atomic mass is 32.2. The molecule has 0 saturated carbocycles. The molecule has 1 N–H and O–H groups in total. The summed E-state index contributed by atoms with van der Waals surface area (Å²) >= 11 is 1.49. The number of aromatic nitrogens is 4. The quantitative estimate of drug-likeness (QED) is 0.444. The minimum absolute atomic E-state index is 0.108. The monoisotopic (exact) mass is 433 g/mol. The van der Waals surface area contributed by atoms with Gasteiger partial charge in [0, 0.05) is 29.2 Å². The van der Waals surface area contributed by atoms with Crippen LogP contribution in [0.2, 0.25) is 0 Å². The number of benzene rings is 2. The van der Waals surface area contributed by atoms with Gasteiger partial charge in [-0.25, -0.2) is 9.50 Å². The third-order valence-electron chi connectivity index (χ3n) is 4.83. The van der Waals surface area contributed by atoms with Crippen LogP contribution in [0.25, 0.3) is 5.78 Å². The smallest absolute Gasteiger partial charge is 0.253 e. The predicted octanol–water partition coefficient (Wildman–Crippen LogP) is 3.97. The molecule has 0 atom stereocenters. The van der Waals surface area contributed by atoms with Gasteiger partial charge in [-0.15, -0.1) is 5.10 Å². The molecule has 0 fully saturated rings. The molecule has 2 heterocycles. The van der Waals surface area contributed by atoms with E-state index in [1.807, 2.05) is 68.4 Å². The molecule has 8 heteroatoms. The van der Waals surface area contributed by atoms with Crippen molar-refractivity contribution in [2.45, 2.75) is 31.3 Å². The number of ether oxygens (including phenoxy) is 1. The lowest BCUT2D eigenvalue weighted by atomic mass is 10.1. The molecule has 0 saturated heterocycles. The van der Waals surface area contributed by atoms with Crippen LogP contribution in [0.3, 0.4) is 0 Å². The number of thioether (sulfide) groups is 1. The van der Waals surface area contributed by atoms with Crippen molar-refractivity contribution in [2.75, 3.05) is 7.11 Å². The van der Waals surface area contributed by atoms with E-state index >= 15 is 0 Å². The molecule has 0 radical (unpaired) electrons. The van der Waals surface area contributed by atoms with Gasteiger partial charge in [0.05, 0.1) is 7.11 Å². The van der Waals surface area contributed by atoms with Crippen molar-refractivity contribution in [1.82, 2.24) is 24.9 Å². The van der Waals surface area contributed by atoms with Gasteiger partial charge in [-0.3, -0.25) is 4.79 Å². The van der Waals surface area contributed by atoms with Crippen LogP contribution in [0, 0.1) is 13.8 Å². The Morgan fingerprint density at radius 3 is 2.65 bits per heavy atom. The van der Waals surface area contributed by atoms with E-state index in [-0.39, 0.29) is 5.91 Å². The average Bonchev–Trinajstić information content (AvgIpc) is 3.20. The van der Waals surface area contributed by atoms with E-state index in [1.54, 1.807) is 11.6 Å². The fraction of sp³-hybridized carbons (Fsp3) is 0.217. The summed E-state index contributed by atoms with van der Waals surface area (Å²) in [4.78, 5) is 21.7. The summed E-state index contributed by atoms with van der Waals surface area (Å²) in [6.45, 7) is 4.37. The van der Waals surface area contributed by atoms with Crippen molar-refractivity contribution in [3.63, 3.8) is 0 Å². The molecule has 0 aliphatic rings. The summed E-state index contributed by atoms with van der Waals surface area (Å²) in [5.41, 5.74) is 4.48. The van der Waals surface area contributed by atoms with E-state index in [9.17, 15) is 4.79 Å². The van der Waals surface area contributed by atoms with Crippen LogP contribution in [0.5, 0.6) is 5.75 Å². The molecule has 4 rings (SSSR count). The Morgan fingerprint density at radius 2 is 1.87 bits per heavy atom. The van der Waals surface area contributed by atoms with Crippen molar-refractivity contribution in [3.8, 4) is 5.75 Å². The van der Waals surface area contributed by atoms with Crippen molar-refractivity contribution >= 4 is 23.4 Å². The number of carbonyl (C=O) groups excluding carboxylic acids is 1. The number of rotatable bonds is 7. The van der Waals surface area contributed by atoms with E-state index < -0.39 is 0 Å². The number of hydrogen-bond acceptors (Lipinski definition) is 6. The molecule has 0 unspecified atom stereocenters. The largest absolute Gasteiger partial charge is 0.497 e. The van der Waals surface area contributed by atoms with Crippen LogP contribution in [0.1, 0.15) is 32.9 Å². The minimum Gasteiger partial charge on any atom is -0.497 e. The lowest BCUT2D eigenvalue weighted by Gasteiger charge is -2.10. The van der Waals surface area contributed by atoms with Crippen LogP contribution in [-0.2, 0) is 12.3 Å². The second-order valence-electron chi connectivity index (χ2n) is 7.12. The number of methoxy groups -OCH3 is 1. The van der Waals surface area contributed by atoms with Crippen molar-refractivity contribution < 1.29 is 9.53 Å². The maximum atomic E-state index is 12.8. The zero-order valence-corrected chi connectivity index (χ0v) is 18.4. The maximum absolute atomic E-state index is 12.8. The van der Waals surface area contributed by atoms with Gasteiger partial charge in [0.2, 0.25) is 5.16 Å². The molecule has 158 valence electrons. The number of nitrogens with zero attached hydrogens (tertiary/aromatic N) is 4. The fourth-order valence-corrected chi connectivity index (χ4v) is 4.06. The zero-order chi connectivity index (χ0) is 21.8. The van der Waals surface area contributed by atoms with Gasteiger partial charge >= 0.3 is 0 Å². The molecule has 31 heavy (non-hydrogen) atoms. The Morgan fingerprint density at radius 1 is 1.10 bits per heavy atom. The highest BCUT2D eigenvalue weighted by Gasteiger charge is 2.13. The van der Waals surface area contributed by atoms with Gasteiger partial charge in [0.15, 0.2) is 0 Å². The van der Waals surface area contributed by atoms with Gasteiger partial charge in [-0.05, 0) is 49.2 Å². The predicted molar refractivity (Wildman–Crippen MR) is 120 cm³/mol. The van der Waals surface area contributed by atoms with Gasteiger partial charge in [0.25, 0.3) is 11.7 Å². The molecule has 0 aliphatic carbocycles. The number of carbonyl (C=O) groups is 1. The second-order valence-corrected chi connectivity index (χ2v) is 8.06. The molecule has 2 aromatic carbocycles. The van der Waals surface area contributed by atoms with Gasteiger partial charge in [-0.1, -0.05) is 42.1 Å². The molecule has 7 nitrogen and oxygen atoms in total. The minimum atomic E-state index is -0.108. The van der Waals surface area contributed by atoms with Crippen molar-refractivity contribution in [3.05, 3.63) is 82.7 Å². The summed E-state index contributed by atoms with van der Waals surface area (Å²) in [5, 5.41) is 8.15. The summed E-state index contributed by atoms with van der Waals surface area (Å²) < 4.78 is 6.91. The van der Waals surface area contributed by atoms with Crippen LogP contribution < -0.4 is 10.1 Å². The third-order valence-corrected chi connectivity index (χ3v) is 5.72. The highest BCUT2D eigenvalue weighted by molar-refractivity contribution is 7.98. The first-order chi connectivity index (χ1) is 15.0. The normalized spacial score (nSPS) is 10.9. The van der Waals surface area contributed by atoms with Crippen LogP contribution in [0.15, 0.2) is 59.8 Å². The summed E-state index contributed by atoms with van der Waals surface area (Å²) in [7, 11) is 1.63. The number of hydrogen-bond donors (Lipinski definition) is 1. The Kier molecular flexibility index (Phi) is 6.18. The molecular weight excluding hydrogens is 410 g/mol. The fourth-order valence-electron chi connectivity index (χ4n) is 3.24. The Bertz CT molecular complexity index is 1220.